The summed E-state index contributed by atoms with van der Waals surface area (Å²) in [5.74, 6) is 0.326. The van der Waals surface area contributed by atoms with Gasteiger partial charge in [0.05, 0.1) is 23.8 Å². The van der Waals surface area contributed by atoms with E-state index in [9.17, 15) is 13.2 Å². The third kappa shape index (κ3) is 3.59. The van der Waals surface area contributed by atoms with Gasteiger partial charge >= 0.3 is 0 Å². The molecule has 1 N–H and O–H groups in total. The Bertz CT molecular complexity index is 1210. The normalized spacial score (nSPS) is 15.8. The number of hydrogen-bond donors (Lipinski definition) is 1. The Kier molecular flexibility index (Phi) is 5.24. The fourth-order valence-corrected chi connectivity index (χ4v) is 4.98. The fraction of sp³-hybridized carbons (Fsp3) is 0.421. The van der Waals surface area contributed by atoms with Crippen molar-refractivity contribution in [3.63, 3.8) is 0 Å². The number of morpholine rings is 1. The molecule has 0 unspecified atom stereocenters. The molecule has 1 aliphatic rings. The van der Waals surface area contributed by atoms with Crippen molar-refractivity contribution in [1.29, 1.82) is 0 Å². The van der Waals surface area contributed by atoms with Crippen LogP contribution >= 0.6 is 0 Å². The Morgan fingerprint density at radius 2 is 2.00 bits per heavy atom. The van der Waals surface area contributed by atoms with Gasteiger partial charge in [-0.3, -0.25) is 9.48 Å². The van der Waals surface area contributed by atoms with Gasteiger partial charge in [0.25, 0.3) is 5.56 Å². The van der Waals surface area contributed by atoms with Crippen molar-refractivity contribution >= 4 is 21.1 Å². The first-order chi connectivity index (χ1) is 13.9. The summed E-state index contributed by atoms with van der Waals surface area (Å²) in [6.45, 7) is 3.44. The van der Waals surface area contributed by atoms with Crippen LogP contribution in [-0.4, -0.2) is 58.8 Å². The summed E-state index contributed by atoms with van der Waals surface area (Å²) in [5.41, 5.74) is 1.95. The summed E-state index contributed by atoms with van der Waals surface area (Å²) in [5, 5.41) is 4.41. The maximum Gasteiger partial charge on any atom is 0.277 e. The molecular formula is C19H23N5O4S. The summed E-state index contributed by atoms with van der Waals surface area (Å²) in [7, 11) is -1.92. The van der Waals surface area contributed by atoms with Gasteiger partial charge in [0.15, 0.2) is 5.52 Å². The molecule has 4 rings (SSSR count). The van der Waals surface area contributed by atoms with E-state index in [1.807, 2.05) is 6.92 Å². The van der Waals surface area contributed by atoms with Gasteiger partial charge < -0.3 is 9.72 Å². The lowest BCUT2D eigenvalue weighted by Crippen LogP contribution is -2.40. The molecule has 0 radical (unpaired) electrons. The van der Waals surface area contributed by atoms with Crippen molar-refractivity contribution < 1.29 is 13.2 Å². The molecule has 0 spiro atoms. The largest absolute Gasteiger partial charge is 0.379 e. The Labute approximate surface area is 168 Å². The number of rotatable bonds is 5. The van der Waals surface area contributed by atoms with Gasteiger partial charge in [0.1, 0.15) is 11.3 Å². The van der Waals surface area contributed by atoms with E-state index < -0.39 is 10.0 Å². The maximum atomic E-state index is 13.0. The molecule has 1 fully saturated rings. The van der Waals surface area contributed by atoms with E-state index in [0.29, 0.717) is 55.1 Å². The molecule has 0 aliphatic carbocycles. The zero-order valence-electron chi connectivity index (χ0n) is 16.4. The van der Waals surface area contributed by atoms with Crippen LogP contribution in [0.2, 0.25) is 0 Å². The minimum atomic E-state index is -3.64. The van der Waals surface area contributed by atoms with Crippen LogP contribution in [-0.2, 0) is 28.2 Å². The minimum Gasteiger partial charge on any atom is -0.379 e. The van der Waals surface area contributed by atoms with Crippen LogP contribution in [0, 0.1) is 0 Å². The van der Waals surface area contributed by atoms with E-state index >= 15 is 0 Å². The van der Waals surface area contributed by atoms with Gasteiger partial charge in [0.2, 0.25) is 10.0 Å². The average molecular weight is 417 g/mol. The first kappa shape index (κ1) is 19.7. The summed E-state index contributed by atoms with van der Waals surface area (Å²) in [4.78, 5) is 20.2. The molecular weight excluding hydrogens is 394 g/mol. The fourth-order valence-electron chi connectivity index (χ4n) is 3.53. The third-order valence-corrected chi connectivity index (χ3v) is 6.86. The molecule has 154 valence electrons. The predicted molar refractivity (Wildman–Crippen MR) is 108 cm³/mol. The van der Waals surface area contributed by atoms with E-state index in [-0.39, 0.29) is 10.5 Å². The number of sulfonamides is 1. The second kappa shape index (κ2) is 7.69. The van der Waals surface area contributed by atoms with E-state index in [2.05, 4.69) is 15.1 Å². The number of H-pyrrole nitrogens is 1. The van der Waals surface area contributed by atoms with E-state index in [1.54, 1.807) is 31.3 Å². The average Bonchev–Trinajstić information content (AvgIpc) is 3.05. The summed E-state index contributed by atoms with van der Waals surface area (Å²) < 4.78 is 34.1. The lowest BCUT2D eigenvalue weighted by Gasteiger charge is -2.26. The summed E-state index contributed by atoms with van der Waals surface area (Å²) in [6.07, 6.45) is 1.59. The molecule has 1 aromatic carbocycles. The quantitative estimate of drug-likeness (QED) is 0.670. The molecule has 2 aromatic heterocycles. The number of fused-ring (bicyclic) bond motifs is 1. The number of hydrogen-bond acceptors (Lipinski definition) is 6. The molecule has 1 saturated heterocycles. The lowest BCUT2D eigenvalue weighted by atomic mass is 10.2. The Morgan fingerprint density at radius 1 is 1.24 bits per heavy atom. The molecule has 3 aromatic rings. The topological polar surface area (TPSA) is 110 Å². The van der Waals surface area contributed by atoms with Crippen molar-refractivity contribution in [2.24, 2.45) is 7.05 Å². The van der Waals surface area contributed by atoms with Gasteiger partial charge in [-0.25, -0.2) is 13.4 Å². The van der Waals surface area contributed by atoms with Crippen molar-refractivity contribution in [1.82, 2.24) is 24.1 Å². The van der Waals surface area contributed by atoms with Crippen molar-refractivity contribution in [2.45, 2.75) is 24.7 Å². The van der Waals surface area contributed by atoms with Crippen LogP contribution in [0.25, 0.3) is 22.4 Å². The molecule has 0 amide bonds. The molecule has 29 heavy (non-hydrogen) atoms. The van der Waals surface area contributed by atoms with Gasteiger partial charge in [-0.15, -0.1) is 0 Å². The molecule has 9 nitrogen and oxygen atoms in total. The number of ether oxygens (including phenoxy) is 1. The van der Waals surface area contributed by atoms with Crippen molar-refractivity contribution in [3.8, 4) is 11.4 Å². The van der Waals surface area contributed by atoms with Crippen molar-refractivity contribution in [3.05, 3.63) is 40.3 Å². The van der Waals surface area contributed by atoms with Gasteiger partial charge in [-0.05, 0) is 18.6 Å². The predicted octanol–water partition coefficient (Wildman–Crippen LogP) is 1.30. The number of aryl methyl sites for hydroxylation is 2. The molecule has 3 heterocycles. The van der Waals surface area contributed by atoms with Crippen LogP contribution in [0.1, 0.15) is 19.0 Å². The molecule has 10 heteroatoms. The lowest BCUT2D eigenvalue weighted by molar-refractivity contribution is 0.0730. The Hall–Kier alpha value is -2.56. The third-order valence-electron chi connectivity index (χ3n) is 4.96. The number of nitrogens with one attached hydrogen (secondary N) is 1. The zero-order valence-corrected chi connectivity index (χ0v) is 17.2. The molecule has 1 aliphatic heterocycles. The highest BCUT2D eigenvalue weighted by molar-refractivity contribution is 7.89. The highest BCUT2D eigenvalue weighted by Gasteiger charge is 2.26. The van der Waals surface area contributed by atoms with Gasteiger partial charge in [0, 0.05) is 25.7 Å². The minimum absolute atomic E-state index is 0.166. The maximum absolute atomic E-state index is 13.0. The van der Waals surface area contributed by atoms with Crippen LogP contribution in [0.4, 0.5) is 0 Å². The Morgan fingerprint density at radius 3 is 2.72 bits per heavy atom. The number of nitrogens with zero attached hydrogens (tertiary/aromatic N) is 4. The smallest absolute Gasteiger partial charge is 0.277 e. The second-order valence-electron chi connectivity index (χ2n) is 6.98. The van der Waals surface area contributed by atoms with Crippen LogP contribution < -0.4 is 5.56 Å². The first-order valence-corrected chi connectivity index (χ1v) is 11.0. The number of aromatic nitrogens is 4. The molecule has 0 bridgehead atoms. The highest BCUT2D eigenvalue weighted by atomic mass is 32.2. The Balaban J connectivity index is 1.80. The molecule has 0 atom stereocenters. The summed E-state index contributed by atoms with van der Waals surface area (Å²) >= 11 is 0. The number of aromatic amines is 1. The van der Waals surface area contributed by atoms with E-state index in [4.69, 9.17) is 4.74 Å². The standard InChI is InChI=1S/C19H23N5O4S/c1-3-5-15-16-17(23(2)22-15)19(25)21-18(20-16)13-6-4-7-14(12-13)29(26,27)24-8-10-28-11-9-24/h4,6-7,12H,3,5,8-11H2,1-2H3,(H,20,21,25). The van der Waals surface area contributed by atoms with Gasteiger partial charge in [-0.1, -0.05) is 25.5 Å². The van der Waals surface area contributed by atoms with Crippen LogP contribution in [0.3, 0.4) is 0 Å². The molecule has 0 saturated carbocycles. The summed E-state index contributed by atoms with van der Waals surface area (Å²) in [6, 6.07) is 6.49. The highest BCUT2D eigenvalue weighted by Crippen LogP contribution is 2.24. The first-order valence-electron chi connectivity index (χ1n) is 9.56. The monoisotopic (exact) mass is 417 g/mol. The van der Waals surface area contributed by atoms with E-state index in [0.717, 1.165) is 12.1 Å². The second-order valence-corrected chi connectivity index (χ2v) is 8.91. The SMILES string of the molecule is CCCc1nn(C)c2c(=O)[nH]c(-c3cccc(S(=O)(=O)N4CCOCC4)c3)nc12. The van der Waals surface area contributed by atoms with E-state index in [1.165, 1.54) is 8.99 Å². The van der Waals surface area contributed by atoms with Crippen LogP contribution in [0.5, 0.6) is 0 Å². The number of benzene rings is 1. The van der Waals surface area contributed by atoms with Crippen LogP contribution in [0.15, 0.2) is 34.0 Å². The van der Waals surface area contributed by atoms with Crippen molar-refractivity contribution in [2.75, 3.05) is 26.3 Å². The zero-order chi connectivity index (χ0) is 20.6. The van der Waals surface area contributed by atoms with Gasteiger partial charge in [-0.2, -0.15) is 9.40 Å².